The van der Waals surface area contributed by atoms with Crippen LogP contribution in [0.25, 0.3) is 0 Å². The number of nitrogens with one attached hydrogen (secondary N) is 1. The van der Waals surface area contributed by atoms with Gasteiger partial charge in [0, 0.05) is 30.4 Å². The molecule has 0 bridgehead atoms. The van der Waals surface area contributed by atoms with Crippen molar-refractivity contribution in [2.45, 2.75) is 32.2 Å². The van der Waals surface area contributed by atoms with Crippen LogP contribution in [0.2, 0.25) is 0 Å². The quantitative estimate of drug-likeness (QED) is 0.863. The van der Waals surface area contributed by atoms with E-state index in [2.05, 4.69) is 12.2 Å². The minimum absolute atomic E-state index is 0.0127. The van der Waals surface area contributed by atoms with Crippen molar-refractivity contribution in [1.29, 1.82) is 0 Å². The Morgan fingerprint density at radius 1 is 1.48 bits per heavy atom. The van der Waals surface area contributed by atoms with Crippen molar-refractivity contribution in [2.75, 3.05) is 18.4 Å². The van der Waals surface area contributed by atoms with Gasteiger partial charge in [0.25, 0.3) is 5.91 Å². The Morgan fingerprint density at radius 3 is 3.05 bits per heavy atom. The third kappa shape index (κ3) is 2.65. The fraction of sp³-hybridized carbons (Fsp3) is 0.500. The average Bonchev–Trinajstić information content (AvgIpc) is 2.85. The number of fused-ring (bicyclic) bond motifs is 1. The Bertz CT molecular complexity index is 585. The highest BCUT2D eigenvalue weighted by Crippen LogP contribution is 2.27. The van der Waals surface area contributed by atoms with Gasteiger partial charge in [-0.2, -0.15) is 0 Å². The van der Waals surface area contributed by atoms with Gasteiger partial charge >= 0.3 is 0 Å². The first-order valence-corrected chi connectivity index (χ1v) is 7.52. The predicted octanol–water partition coefficient (Wildman–Crippen LogP) is 1.38. The van der Waals surface area contributed by atoms with Crippen molar-refractivity contribution in [3.05, 3.63) is 29.3 Å². The molecule has 1 aromatic rings. The molecule has 2 heterocycles. The minimum atomic E-state index is -0.0127. The van der Waals surface area contributed by atoms with E-state index in [0.29, 0.717) is 24.4 Å². The van der Waals surface area contributed by atoms with Crippen molar-refractivity contribution in [3.63, 3.8) is 0 Å². The number of carbonyl (C=O) groups is 2. The summed E-state index contributed by atoms with van der Waals surface area (Å²) >= 11 is 0. The molecule has 1 saturated heterocycles. The molecule has 5 nitrogen and oxygen atoms in total. The highest BCUT2D eigenvalue weighted by molar-refractivity contribution is 6.01. The van der Waals surface area contributed by atoms with Gasteiger partial charge in [0.1, 0.15) is 0 Å². The molecule has 2 amide bonds. The lowest BCUT2D eigenvalue weighted by molar-refractivity contribution is -0.115. The van der Waals surface area contributed by atoms with Crippen LogP contribution in [0.5, 0.6) is 0 Å². The number of likely N-dealkylation sites (tertiary alicyclic amines) is 1. The second-order valence-corrected chi connectivity index (χ2v) is 6.11. The zero-order chi connectivity index (χ0) is 15.0. The third-order valence-corrected chi connectivity index (χ3v) is 4.49. The van der Waals surface area contributed by atoms with E-state index >= 15 is 0 Å². The van der Waals surface area contributed by atoms with E-state index in [1.807, 2.05) is 17.0 Å². The average molecular weight is 287 g/mol. The largest absolute Gasteiger partial charge is 0.334 e. The van der Waals surface area contributed by atoms with Crippen LogP contribution in [-0.4, -0.2) is 35.8 Å². The van der Waals surface area contributed by atoms with Crippen molar-refractivity contribution in [3.8, 4) is 0 Å². The van der Waals surface area contributed by atoms with Crippen molar-refractivity contribution >= 4 is 17.5 Å². The van der Waals surface area contributed by atoms with Crippen LogP contribution >= 0.6 is 0 Å². The number of benzene rings is 1. The van der Waals surface area contributed by atoms with Gasteiger partial charge in [0.15, 0.2) is 0 Å². The Labute approximate surface area is 124 Å². The third-order valence-electron chi connectivity index (χ3n) is 4.49. The number of nitrogens with zero attached hydrogens (tertiary/aromatic N) is 1. The summed E-state index contributed by atoms with van der Waals surface area (Å²) < 4.78 is 0. The van der Waals surface area contributed by atoms with E-state index in [1.54, 1.807) is 6.07 Å². The molecule has 112 valence electrons. The van der Waals surface area contributed by atoms with Gasteiger partial charge in [0.2, 0.25) is 5.91 Å². The lowest BCUT2D eigenvalue weighted by Crippen LogP contribution is -2.49. The number of rotatable bonds is 2. The monoisotopic (exact) mass is 287 g/mol. The lowest BCUT2D eigenvalue weighted by atomic mass is 9.91. The highest BCUT2D eigenvalue weighted by atomic mass is 16.2. The molecule has 0 aliphatic carbocycles. The maximum atomic E-state index is 12.7. The molecule has 5 heteroatoms. The Hall–Kier alpha value is -1.88. The van der Waals surface area contributed by atoms with E-state index in [0.717, 1.165) is 30.6 Å². The predicted molar refractivity (Wildman–Crippen MR) is 81.1 cm³/mol. The van der Waals surface area contributed by atoms with E-state index < -0.39 is 0 Å². The number of hydrogen-bond donors (Lipinski definition) is 2. The van der Waals surface area contributed by atoms with Crippen LogP contribution in [0.4, 0.5) is 5.69 Å². The molecule has 1 aromatic carbocycles. The molecule has 0 radical (unpaired) electrons. The first-order valence-electron chi connectivity index (χ1n) is 7.52. The molecular weight excluding hydrogens is 266 g/mol. The molecule has 3 N–H and O–H groups in total. The molecule has 1 fully saturated rings. The number of hydrogen-bond acceptors (Lipinski definition) is 3. The first-order chi connectivity index (χ1) is 10.1. The molecule has 3 rings (SSSR count). The minimum Gasteiger partial charge on any atom is -0.334 e. The molecule has 0 saturated carbocycles. The Morgan fingerprint density at radius 2 is 2.29 bits per heavy atom. The second kappa shape index (κ2) is 5.48. The summed E-state index contributed by atoms with van der Waals surface area (Å²) in [5.74, 6) is 0.630. The van der Waals surface area contributed by atoms with Gasteiger partial charge in [-0.15, -0.1) is 0 Å². The number of amides is 2. The van der Waals surface area contributed by atoms with Gasteiger partial charge < -0.3 is 16.0 Å². The SMILES string of the molecule is CC1CCN(C(=O)c2ccc3c(c2)CC(=O)N3)C(CN)C1. The summed E-state index contributed by atoms with van der Waals surface area (Å²) in [6.45, 7) is 3.47. The zero-order valence-corrected chi connectivity index (χ0v) is 12.3. The van der Waals surface area contributed by atoms with Crippen LogP contribution in [0.3, 0.4) is 0 Å². The van der Waals surface area contributed by atoms with Crippen LogP contribution < -0.4 is 11.1 Å². The van der Waals surface area contributed by atoms with Crippen LogP contribution in [0, 0.1) is 5.92 Å². The number of carbonyl (C=O) groups excluding carboxylic acids is 2. The molecule has 0 aromatic heterocycles. The molecule has 2 atom stereocenters. The van der Waals surface area contributed by atoms with Gasteiger partial charge in [-0.05, 0) is 42.5 Å². The molecule has 2 unspecified atom stereocenters. The molecule has 21 heavy (non-hydrogen) atoms. The lowest BCUT2D eigenvalue weighted by Gasteiger charge is -2.38. The standard InChI is InChI=1S/C16H21N3O2/c1-10-4-5-19(13(6-10)9-17)16(21)11-2-3-14-12(7-11)8-15(20)18-14/h2-3,7,10,13H,4-6,8-9,17H2,1H3,(H,18,20). The maximum absolute atomic E-state index is 12.7. The van der Waals surface area contributed by atoms with Crippen LogP contribution in [-0.2, 0) is 11.2 Å². The van der Waals surface area contributed by atoms with Gasteiger partial charge in [0.05, 0.1) is 6.42 Å². The topological polar surface area (TPSA) is 75.4 Å². The van der Waals surface area contributed by atoms with E-state index in [9.17, 15) is 9.59 Å². The number of anilines is 1. The normalized spacial score (nSPS) is 24.7. The highest BCUT2D eigenvalue weighted by Gasteiger charge is 2.30. The fourth-order valence-corrected chi connectivity index (χ4v) is 3.27. The van der Waals surface area contributed by atoms with Crippen molar-refractivity contribution < 1.29 is 9.59 Å². The van der Waals surface area contributed by atoms with Crippen LogP contribution in [0.1, 0.15) is 35.7 Å². The van der Waals surface area contributed by atoms with E-state index in [4.69, 9.17) is 5.73 Å². The molecular formula is C16H21N3O2. The number of piperidine rings is 1. The van der Waals surface area contributed by atoms with E-state index in [1.165, 1.54) is 0 Å². The van der Waals surface area contributed by atoms with Gasteiger partial charge in [-0.25, -0.2) is 0 Å². The maximum Gasteiger partial charge on any atom is 0.254 e. The number of nitrogens with two attached hydrogens (primary N) is 1. The molecule has 2 aliphatic rings. The first kappa shape index (κ1) is 14.1. The Kier molecular flexibility index (Phi) is 3.68. The summed E-state index contributed by atoms with van der Waals surface area (Å²) in [4.78, 5) is 26.0. The Balaban J connectivity index is 1.82. The van der Waals surface area contributed by atoms with Crippen molar-refractivity contribution in [2.24, 2.45) is 11.7 Å². The van der Waals surface area contributed by atoms with Gasteiger partial charge in [-0.3, -0.25) is 9.59 Å². The zero-order valence-electron chi connectivity index (χ0n) is 12.3. The fourth-order valence-electron chi connectivity index (χ4n) is 3.27. The summed E-state index contributed by atoms with van der Waals surface area (Å²) in [5.41, 5.74) is 8.20. The summed E-state index contributed by atoms with van der Waals surface area (Å²) in [6, 6.07) is 5.56. The van der Waals surface area contributed by atoms with Gasteiger partial charge in [-0.1, -0.05) is 6.92 Å². The second-order valence-electron chi connectivity index (χ2n) is 6.11. The van der Waals surface area contributed by atoms with Crippen LogP contribution in [0.15, 0.2) is 18.2 Å². The molecule has 0 spiro atoms. The van der Waals surface area contributed by atoms with Crippen molar-refractivity contribution in [1.82, 2.24) is 4.90 Å². The summed E-state index contributed by atoms with van der Waals surface area (Å²) in [7, 11) is 0. The smallest absolute Gasteiger partial charge is 0.254 e. The van der Waals surface area contributed by atoms with E-state index in [-0.39, 0.29) is 17.9 Å². The summed E-state index contributed by atoms with van der Waals surface area (Å²) in [6.07, 6.45) is 2.34. The summed E-state index contributed by atoms with van der Waals surface area (Å²) in [5, 5.41) is 2.78. The molecule has 2 aliphatic heterocycles.